The monoisotopic (exact) mass is 238 g/mol. The molecule has 0 spiro atoms. The third kappa shape index (κ3) is 2.59. The van der Waals surface area contributed by atoms with Gasteiger partial charge in [-0.15, -0.1) is 11.8 Å². The molecule has 88 valence electrons. The van der Waals surface area contributed by atoms with Gasteiger partial charge in [-0.25, -0.2) is 0 Å². The molecule has 1 N–H and O–H groups in total. The highest BCUT2D eigenvalue weighted by molar-refractivity contribution is 8.00. The highest BCUT2D eigenvalue weighted by Crippen LogP contribution is 2.38. The van der Waals surface area contributed by atoms with Crippen molar-refractivity contribution >= 4 is 17.7 Å². The molecule has 0 aromatic heterocycles. The van der Waals surface area contributed by atoms with E-state index in [1.807, 2.05) is 31.2 Å². The lowest BCUT2D eigenvalue weighted by atomic mass is 9.96. The minimum absolute atomic E-state index is 0.764. The number of carboxylic acid groups (broad SMARTS) is 1. The number of carboxylic acids is 1. The van der Waals surface area contributed by atoms with Crippen LogP contribution in [0.15, 0.2) is 24.3 Å². The average molecular weight is 238 g/mol. The fraction of sp³-hybridized carbons (Fsp3) is 0.462. The molecule has 0 radical (unpaired) electrons. The Bertz CT molecular complexity index is 376. The topological polar surface area (TPSA) is 37.3 Å². The first kappa shape index (κ1) is 13.1. The number of thioether (sulfide) groups is 1. The molecule has 1 unspecified atom stereocenters. The Hall–Kier alpha value is -0.960. The van der Waals surface area contributed by atoms with Gasteiger partial charge in [0.15, 0.2) is 0 Å². The van der Waals surface area contributed by atoms with Crippen molar-refractivity contribution in [1.82, 2.24) is 0 Å². The van der Waals surface area contributed by atoms with Crippen LogP contribution in [0.1, 0.15) is 31.4 Å². The van der Waals surface area contributed by atoms with E-state index in [1.165, 1.54) is 11.8 Å². The van der Waals surface area contributed by atoms with Gasteiger partial charge in [-0.05, 0) is 37.1 Å². The van der Waals surface area contributed by atoms with Crippen molar-refractivity contribution in [3.8, 4) is 0 Å². The van der Waals surface area contributed by atoms with Gasteiger partial charge >= 0.3 is 5.97 Å². The van der Waals surface area contributed by atoms with E-state index in [2.05, 4.69) is 6.92 Å². The predicted molar refractivity (Wildman–Crippen MR) is 68.9 cm³/mol. The lowest BCUT2D eigenvalue weighted by molar-refractivity contribution is -0.139. The summed E-state index contributed by atoms with van der Waals surface area (Å²) in [5, 5.41) is 9.42. The highest BCUT2D eigenvalue weighted by atomic mass is 32.2. The van der Waals surface area contributed by atoms with Crippen molar-refractivity contribution in [1.29, 1.82) is 0 Å². The van der Waals surface area contributed by atoms with E-state index < -0.39 is 10.7 Å². The molecule has 0 saturated heterocycles. The number of hydrogen-bond donors (Lipinski definition) is 1. The van der Waals surface area contributed by atoms with Gasteiger partial charge in [0.05, 0.1) is 0 Å². The van der Waals surface area contributed by atoms with Gasteiger partial charge in [0.1, 0.15) is 4.75 Å². The summed E-state index contributed by atoms with van der Waals surface area (Å²) in [6.07, 6.45) is 0.986. The van der Waals surface area contributed by atoms with E-state index in [9.17, 15) is 9.90 Å². The number of benzene rings is 1. The SMILES string of the molecule is CCCSC(C)(C(=O)O)c1ccccc1C. The first-order valence-corrected chi connectivity index (χ1v) is 6.44. The molecule has 3 heteroatoms. The zero-order valence-corrected chi connectivity index (χ0v) is 10.8. The molecule has 16 heavy (non-hydrogen) atoms. The van der Waals surface area contributed by atoms with Crippen LogP contribution in [0.4, 0.5) is 0 Å². The summed E-state index contributed by atoms with van der Waals surface area (Å²) in [6, 6.07) is 7.71. The smallest absolute Gasteiger partial charge is 0.324 e. The number of aryl methyl sites for hydroxylation is 1. The van der Waals surface area contributed by atoms with Crippen molar-refractivity contribution in [3.63, 3.8) is 0 Å². The number of carbonyl (C=O) groups is 1. The standard InChI is InChI=1S/C13H18O2S/c1-4-9-16-13(3,12(14)15)11-8-6-5-7-10(11)2/h5-8H,4,9H2,1-3H3,(H,14,15). The Kier molecular flexibility index (Phi) is 4.42. The maximum Gasteiger partial charge on any atom is 0.324 e. The summed E-state index contributed by atoms with van der Waals surface area (Å²) in [6.45, 7) is 5.81. The van der Waals surface area contributed by atoms with E-state index in [0.29, 0.717) is 0 Å². The molecule has 2 nitrogen and oxygen atoms in total. The van der Waals surface area contributed by atoms with Gasteiger partial charge in [-0.3, -0.25) is 4.79 Å². The molecular formula is C13H18O2S. The van der Waals surface area contributed by atoms with Crippen LogP contribution in [0.2, 0.25) is 0 Å². The van der Waals surface area contributed by atoms with Gasteiger partial charge in [0, 0.05) is 0 Å². The van der Waals surface area contributed by atoms with E-state index in [4.69, 9.17) is 0 Å². The normalized spacial score (nSPS) is 14.4. The molecule has 1 rings (SSSR count). The van der Waals surface area contributed by atoms with Crippen molar-refractivity contribution < 1.29 is 9.90 Å². The number of aliphatic carboxylic acids is 1. The summed E-state index contributed by atoms with van der Waals surface area (Å²) in [4.78, 5) is 11.5. The van der Waals surface area contributed by atoms with Crippen LogP contribution >= 0.6 is 11.8 Å². The van der Waals surface area contributed by atoms with Crippen LogP contribution < -0.4 is 0 Å². The third-order valence-corrected chi connectivity index (χ3v) is 4.25. The summed E-state index contributed by atoms with van der Waals surface area (Å²) >= 11 is 1.50. The van der Waals surface area contributed by atoms with Crippen LogP contribution in [-0.2, 0) is 9.54 Å². The lowest BCUT2D eigenvalue weighted by Gasteiger charge is -2.26. The average Bonchev–Trinajstić information content (AvgIpc) is 2.26. The Morgan fingerprint density at radius 2 is 2.06 bits per heavy atom. The van der Waals surface area contributed by atoms with Crippen LogP contribution in [-0.4, -0.2) is 16.8 Å². The summed E-state index contributed by atoms with van der Waals surface area (Å²) in [5.74, 6) is 0.0946. The zero-order valence-electron chi connectivity index (χ0n) is 9.99. The Morgan fingerprint density at radius 1 is 1.44 bits per heavy atom. The highest BCUT2D eigenvalue weighted by Gasteiger charge is 2.36. The van der Waals surface area contributed by atoms with E-state index in [-0.39, 0.29) is 0 Å². The molecule has 0 aliphatic heterocycles. The second-order valence-electron chi connectivity index (χ2n) is 4.00. The molecule has 0 amide bonds. The van der Waals surface area contributed by atoms with Crippen molar-refractivity contribution in [2.24, 2.45) is 0 Å². The van der Waals surface area contributed by atoms with Crippen molar-refractivity contribution in [3.05, 3.63) is 35.4 Å². The largest absolute Gasteiger partial charge is 0.480 e. The predicted octanol–water partition coefficient (Wildman–Crippen LogP) is 3.44. The quantitative estimate of drug-likeness (QED) is 0.853. The number of rotatable bonds is 5. The van der Waals surface area contributed by atoms with Gasteiger partial charge in [0.2, 0.25) is 0 Å². The van der Waals surface area contributed by atoms with E-state index in [0.717, 1.165) is 23.3 Å². The molecule has 0 fully saturated rings. The lowest BCUT2D eigenvalue weighted by Crippen LogP contribution is -2.30. The maximum absolute atomic E-state index is 11.5. The molecule has 0 aliphatic rings. The van der Waals surface area contributed by atoms with Crippen LogP contribution in [0, 0.1) is 6.92 Å². The van der Waals surface area contributed by atoms with Gasteiger partial charge < -0.3 is 5.11 Å². The Morgan fingerprint density at radius 3 is 2.56 bits per heavy atom. The van der Waals surface area contributed by atoms with Gasteiger partial charge in [0.25, 0.3) is 0 Å². The second kappa shape index (κ2) is 5.39. The number of hydrogen-bond acceptors (Lipinski definition) is 2. The van der Waals surface area contributed by atoms with E-state index in [1.54, 1.807) is 6.92 Å². The fourth-order valence-electron chi connectivity index (χ4n) is 1.67. The van der Waals surface area contributed by atoms with E-state index >= 15 is 0 Å². The zero-order chi connectivity index (χ0) is 12.2. The van der Waals surface area contributed by atoms with Crippen LogP contribution in [0.5, 0.6) is 0 Å². The van der Waals surface area contributed by atoms with Crippen molar-refractivity contribution in [2.45, 2.75) is 31.9 Å². The molecule has 0 bridgehead atoms. The molecule has 1 aromatic carbocycles. The molecule has 1 atom stereocenters. The molecule has 0 heterocycles. The minimum Gasteiger partial charge on any atom is -0.480 e. The first-order chi connectivity index (χ1) is 7.52. The third-order valence-electron chi connectivity index (χ3n) is 2.66. The van der Waals surface area contributed by atoms with Crippen LogP contribution in [0.3, 0.4) is 0 Å². The Labute approximate surface area is 101 Å². The maximum atomic E-state index is 11.5. The fourth-order valence-corrected chi connectivity index (χ4v) is 2.79. The molecule has 0 aliphatic carbocycles. The summed E-state index contributed by atoms with van der Waals surface area (Å²) < 4.78 is -0.832. The van der Waals surface area contributed by atoms with Crippen LogP contribution in [0.25, 0.3) is 0 Å². The second-order valence-corrected chi connectivity index (χ2v) is 5.52. The molecule has 0 saturated carbocycles. The van der Waals surface area contributed by atoms with Gasteiger partial charge in [-0.1, -0.05) is 31.2 Å². The van der Waals surface area contributed by atoms with Gasteiger partial charge in [-0.2, -0.15) is 0 Å². The molecule has 1 aromatic rings. The van der Waals surface area contributed by atoms with Crippen molar-refractivity contribution in [2.75, 3.05) is 5.75 Å². The molecular weight excluding hydrogens is 220 g/mol. The Balaban J connectivity index is 3.11. The summed E-state index contributed by atoms with van der Waals surface area (Å²) in [5.41, 5.74) is 1.94. The minimum atomic E-state index is -0.832. The first-order valence-electron chi connectivity index (χ1n) is 5.45. The summed E-state index contributed by atoms with van der Waals surface area (Å²) in [7, 11) is 0.